The molecule has 130 valence electrons. The molecule has 8 nitrogen and oxygen atoms in total. The SMILES string of the molecule is O=C1c2ccccc2C(=O)N1CC1CCCN1c1ccnc2ncnn12. The molecular formula is C18H16N6O2. The summed E-state index contributed by atoms with van der Waals surface area (Å²) in [5, 5.41) is 4.25. The number of benzene rings is 1. The molecule has 1 saturated heterocycles. The third-order valence-corrected chi connectivity index (χ3v) is 5.10. The largest absolute Gasteiger partial charge is 0.352 e. The van der Waals surface area contributed by atoms with Crippen LogP contribution in [0.2, 0.25) is 0 Å². The molecule has 1 aromatic carbocycles. The smallest absolute Gasteiger partial charge is 0.261 e. The molecule has 0 radical (unpaired) electrons. The zero-order chi connectivity index (χ0) is 17.7. The van der Waals surface area contributed by atoms with Crippen molar-refractivity contribution in [1.82, 2.24) is 24.5 Å². The zero-order valence-electron chi connectivity index (χ0n) is 13.9. The summed E-state index contributed by atoms with van der Waals surface area (Å²) in [4.78, 5) is 37.2. The van der Waals surface area contributed by atoms with Crippen LogP contribution in [0.3, 0.4) is 0 Å². The number of nitrogens with zero attached hydrogens (tertiary/aromatic N) is 6. The lowest BCUT2D eigenvalue weighted by atomic mass is 10.1. The number of carbonyl (C=O) groups excluding carboxylic acids is 2. The highest BCUT2D eigenvalue weighted by Crippen LogP contribution is 2.29. The van der Waals surface area contributed by atoms with E-state index < -0.39 is 0 Å². The highest BCUT2D eigenvalue weighted by molar-refractivity contribution is 6.21. The maximum absolute atomic E-state index is 12.7. The van der Waals surface area contributed by atoms with E-state index in [-0.39, 0.29) is 17.9 Å². The monoisotopic (exact) mass is 348 g/mol. The van der Waals surface area contributed by atoms with Crippen LogP contribution in [-0.2, 0) is 0 Å². The third-order valence-electron chi connectivity index (χ3n) is 5.10. The molecule has 2 aliphatic heterocycles. The minimum atomic E-state index is -0.210. The Morgan fingerprint density at radius 1 is 1.04 bits per heavy atom. The molecule has 8 heteroatoms. The number of fused-ring (bicyclic) bond motifs is 2. The molecule has 1 atom stereocenters. The number of rotatable bonds is 3. The van der Waals surface area contributed by atoms with Gasteiger partial charge in [0.2, 0.25) is 0 Å². The third kappa shape index (κ3) is 2.11. The Labute approximate surface area is 149 Å². The lowest BCUT2D eigenvalue weighted by Gasteiger charge is -2.29. The van der Waals surface area contributed by atoms with Gasteiger partial charge in [-0.15, -0.1) is 0 Å². The van der Waals surface area contributed by atoms with Crippen LogP contribution in [0.1, 0.15) is 33.6 Å². The summed E-state index contributed by atoms with van der Waals surface area (Å²) in [5.74, 6) is 0.997. The van der Waals surface area contributed by atoms with Crippen LogP contribution in [-0.4, -0.2) is 55.4 Å². The van der Waals surface area contributed by atoms with Crippen molar-refractivity contribution < 1.29 is 9.59 Å². The maximum atomic E-state index is 12.7. The molecule has 26 heavy (non-hydrogen) atoms. The molecule has 3 aromatic rings. The lowest BCUT2D eigenvalue weighted by Crippen LogP contribution is -2.43. The molecule has 2 amide bonds. The fourth-order valence-electron chi connectivity index (χ4n) is 3.89. The predicted molar refractivity (Wildman–Crippen MR) is 93.0 cm³/mol. The normalized spacial score (nSPS) is 19.6. The molecular weight excluding hydrogens is 332 g/mol. The second-order valence-corrected chi connectivity index (χ2v) is 6.53. The average Bonchev–Trinajstić information content (AvgIpc) is 3.38. The highest BCUT2D eigenvalue weighted by Gasteiger charge is 2.38. The summed E-state index contributed by atoms with van der Waals surface area (Å²) in [6.45, 7) is 1.21. The molecule has 2 aromatic heterocycles. The molecule has 5 rings (SSSR count). The Bertz CT molecular complexity index is 994. The van der Waals surface area contributed by atoms with Crippen LogP contribution in [0.15, 0.2) is 42.9 Å². The van der Waals surface area contributed by atoms with E-state index >= 15 is 0 Å². The molecule has 4 heterocycles. The number of hydrogen-bond donors (Lipinski definition) is 0. The Hall–Kier alpha value is -3.29. The molecule has 2 aliphatic rings. The summed E-state index contributed by atoms with van der Waals surface area (Å²) in [7, 11) is 0. The fraction of sp³-hybridized carbons (Fsp3) is 0.278. The van der Waals surface area contributed by atoms with E-state index in [0.717, 1.165) is 25.2 Å². The van der Waals surface area contributed by atoms with E-state index in [9.17, 15) is 9.59 Å². The average molecular weight is 348 g/mol. The van der Waals surface area contributed by atoms with Crippen LogP contribution in [0.4, 0.5) is 5.82 Å². The Kier molecular flexibility index (Phi) is 3.24. The van der Waals surface area contributed by atoms with Crippen molar-refractivity contribution >= 4 is 23.4 Å². The number of aromatic nitrogens is 4. The van der Waals surface area contributed by atoms with Crippen molar-refractivity contribution in [3.63, 3.8) is 0 Å². The van der Waals surface area contributed by atoms with Gasteiger partial charge >= 0.3 is 0 Å². The van der Waals surface area contributed by atoms with Crippen molar-refractivity contribution in [1.29, 1.82) is 0 Å². The van der Waals surface area contributed by atoms with Gasteiger partial charge in [-0.25, -0.2) is 4.98 Å². The van der Waals surface area contributed by atoms with Gasteiger partial charge in [-0.1, -0.05) is 12.1 Å². The van der Waals surface area contributed by atoms with E-state index in [1.807, 2.05) is 6.07 Å². The molecule has 0 spiro atoms. The number of carbonyl (C=O) groups is 2. The van der Waals surface area contributed by atoms with Crippen LogP contribution in [0.25, 0.3) is 5.78 Å². The van der Waals surface area contributed by atoms with Gasteiger partial charge in [0.1, 0.15) is 12.1 Å². The fourth-order valence-corrected chi connectivity index (χ4v) is 3.89. The van der Waals surface area contributed by atoms with Gasteiger partial charge in [-0.3, -0.25) is 14.5 Å². The zero-order valence-corrected chi connectivity index (χ0v) is 13.9. The van der Waals surface area contributed by atoms with Crippen molar-refractivity contribution in [3.05, 3.63) is 54.0 Å². The summed E-state index contributed by atoms with van der Waals surface area (Å²) in [5.41, 5.74) is 0.981. The van der Waals surface area contributed by atoms with Crippen LogP contribution >= 0.6 is 0 Å². The van der Waals surface area contributed by atoms with E-state index in [1.165, 1.54) is 11.2 Å². The van der Waals surface area contributed by atoms with Crippen LogP contribution in [0, 0.1) is 0 Å². The van der Waals surface area contributed by atoms with E-state index in [2.05, 4.69) is 20.0 Å². The van der Waals surface area contributed by atoms with Crippen molar-refractivity contribution in [2.75, 3.05) is 18.0 Å². The number of amides is 2. The molecule has 1 unspecified atom stereocenters. The number of hydrogen-bond acceptors (Lipinski definition) is 6. The van der Waals surface area contributed by atoms with E-state index in [0.29, 0.717) is 23.4 Å². The van der Waals surface area contributed by atoms with E-state index in [1.54, 1.807) is 35.0 Å². The predicted octanol–water partition coefficient (Wildman–Crippen LogP) is 1.39. The van der Waals surface area contributed by atoms with Gasteiger partial charge in [-0.2, -0.15) is 14.6 Å². The molecule has 0 aliphatic carbocycles. The molecule has 0 N–H and O–H groups in total. The first kappa shape index (κ1) is 15.0. The van der Waals surface area contributed by atoms with Gasteiger partial charge in [0.15, 0.2) is 0 Å². The summed E-state index contributed by atoms with van der Waals surface area (Å²) in [6.07, 6.45) is 5.08. The maximum Gasteiger partial charge on any atom is 0.261 e. The lowest BCUT2D eigenvalue weighted by molar-refractivity contribution is 0.0645. The second-order valence-electron chi connectivity index (χ2n) is 6.53. The van der Waals surface area contributed by atoms with Gasteiger partial charge in [0.05, 0.1) is 11.1 Å². The standard InChI is InChI=1S/C18H16N6O2/c25-16-13-5-1-2-6-14(13)17(26)23(16)10-12-4-3-9-22(12)15-7-8-19-18-20-11-21-24(15)18/h1-2,5-8,11-12H,3-4,9-10H2. The minimum absolute atomic E-state index is 0.0482. The molecule has 1 fully saturated rings. The van der Waals surface area contributed by atoms with Crippen LogP contribution in [0.5, 0.6) is 0 Å². The van der Waals surface area contributed by atoms with E-state index in [4.69, 9.17) is 0 Å². The Balaban J connectivity index is 1.45. The quantitative estimate of drug-likeness (QED) is 0.665. The van der Waals surface area contributed by atoms with Gasteiger partial charge in [0.25, 0.3) is 17.6 Å². The highest BCUT2D eigenvalue weighted by atomic mass is 16.2. The topological polar surface area (TPSA) is 83.7 Å². The first-order chi connectivity index (χ1) is 12.7. The minimum Gasteiger partial charge on any atom is -0.352 e. The van der Waals surface area contributed by atoms with Gasteiger partial charge < -0.3 is 4.90 Å². The summed E-state index contributed by atoms with van der Waals surface area (Å²) >= 11 is 0. The Morgan fingerprint density at radius 2 is 1.81 bits per heavy atom. The second kappa shape index (κ2) is 5.62. The number of anilines is 1. The van der Waals surface area contributed by atoms with Crippen LogP contribution < -0.4 is 4.90 Å². The van der Waals surface area contributed by atoms with Gasteiger partial charge in [0, 0.05) is 25.3 Å². The van der Waals surface area contributed by atoms with Crippen molar-refractivity contribution in [2.24, 2.45) is 0 Å². The molecule has 0 bridgehead atoms. The first-order valence-electron chi connectivity index (χ1n) is 8.60. The van der Waals surface area contributed by atoms with Gasteiger partial charge in [-0.05, 0) is 31.0 Å². The molecule has 0 saturated carbocycles. The summed E-state index contributed by atoms with van der Waals surface area (Å²) in [6, 6.07) is 8.93. The van der Waals surface area contributed by atoms with Crippen molar-refractivity contribution in [3.8, 4) is 0 Å². The Morgan fingerprint density at radius 3 is 2.58 bits per heavy atom. The summed E-state index contributed by atoms with van der Waals surface area (Å²) < 4.78 is 1.70. The first-order valence-corrected chi connectivity index (χ1v) is 8.60. The van der Waals surface area contributed by atoms with Crippen molar-refractivity contribution in [2.45, 2.75) is 18.9 Å². The number of imide groups is 1.